The zero-order valence-corrected chi connectivity index (χ0v) is 20.1. The number of hydrogen-bond acceptors (Lipinski definition) is 9. The van der Waals surface area contributed by atoms with Crippen LogP contribution in [0.5, 0.6) is 0 Å². The third kappa shape index (κ3) is 4.42. The molecule has 1 aliphatic rings. The lowest BCUT2D eigenvalue weighted by atomic mass is 9.94. The summed E-state index contributed by atoms with van der Waals surface area (Å²) in [6, 6.07) is 15.9. The van der Waals surface area contributed by atoms with Crippen molar-refractivity contribution < 1.29 is 33.9 Å². The Morgan fingerprint density at radius 2 is 1.92 bits per heavy atom. The molecule has 0 aliphatic carbocycles. The van der Waals surface area contributed by atoms with Gasteiger partial charge in [-0.25, -0.2) is 9.78 Å². The lowest BCUT2D eigenvalue weighted by Crippen LogP contribution is -2.63. The van der Waals surface area contributed by atoms with Gasteiger partial charge in [-0.05, 0) is 43.3 Å². The van der Waals surface area contributed by atoms with Crippen molar-refractivity contribution in [1.82, 2.24) is 10.1 Å². The summed E-state index contributed by atoms with van der Waals surface area (Å²) in [5.41, 5.74) is 5.79. The maximum atomic E-state index is 13.5. The van der Waals surface area contributed by atoms with Crippen LogP contribution in [0.2, 0.25) is 0 Å². The monoisotopic (exact) mass is 517 g/mol. The number of nitrogens with two attached hydrogens (primary N) is 1. The molecule has 1 saturated heterocycles. The number of morpholine rings is 1. The van der Waals surface area contributed by atoms with Crippen LogP contribution in [-0.4, -0.2) is 63.0 Å². The van der Waals surface area contributed by atoms with Gasteiger partial charge >= 0.3 is 5.97 Å². The molecule has 3 heterocycles. The Labute approximate surface area is 215 Å². The number of ether oxygens (including phenoxy) is 1. The molecule has 12 nitrogen and oxygen atoms in total. The average Bonchev–Trinajstić information content (AvgIpc) is 3.29. The molecular weight excluding hydrogens is 494 g/mol. The molecule has 0 saturated carbocycles. The summed E-state index contributed by atoms with van der Waals surface area (Å²) in [7, 11) is 0. The van der Waals surface area contributed by atoms with E-state index in [0.717, 1.165) is 0 Å². The summed E-state index contributed by atoms with van der Waals surface area (Å²) in [5, 5.41) is 26.8. The highest BCUT2D eigenvalue weighted by molar-refractivity contribution is 6.06. The van der Waals surface area contributed by atoms with E-state index in [4.69, 9.17) is 20.1 Å². The smallest absolute Gasteiger partial charge is 0.335 e. The number of pyridine rings is 1. The van der Waals surface area contributed by atoms with Gasteiger partial charge in [0.25, 0.3) is 11.8 Å². The van der Waals surface area contributed by atoms with E-state index in [1.54, 1.807) is 42.5 Å². The highest BCUT2D eigenvalue weighted by Crippen LogP contribution is 2.30. The Morgan fingerprint density at radius 3 is 2.66 bits per heavy atom. The first-order valence-electron chi connectivity index (χ1n) is 11.6. The molecule has 4 aromatic rings. The summed E-state index contributed by atoms with van der Waals surface area (Å²) in [6.45, 7) is 1.55. The van der Waals surface area contributed by atoms with Crippen LogP contribution in [0.3, 0.4) is 0 Å². The number of anilines is 3. The number of nitrogen functional groups attached to an aromatic ring is 1. The maximum absolute atomic E-state index is 13.5. The number of nitrogens with zero attached hydrogens (tertiary/aromatic N) is 3. The number of aromatic nitrogens is 2. The van der Waals surface area contributed by atoms with E-state index in [9.17, 15) is 19.5 Å². The fourth-order valence-corrected chi connectivity index (χ4v) is 4.21. The van der Waals surface area contributed by atoms with Gasteiger partial charge in [-0.1, -0.05) is 23.4 Å². The van der Waals surface area contributed by atoms with Crippen LogP contribution in [0.15, 0.2) is 65.2 Å². The highest BCUT2D eigenvalue weighted by Gasteiger charge is 2.50. The number of fused-ring (bicyclic) bond motifs is 1. The molecule has 0 spiro atoms. The molecule has 1 aliphatic heterocycles. The Morgan fingerprint density at radius 1 is 1.16 bits per heavy atom. The van der Waals surface area contributed by atoms with Crippen LogP contribution < -0.4 is 16.0 Å². The van der Waals surface area contributed by atoms with Gasteiger partial charge in [-0.3, -0.25) is 14.5 Å². The summed E-state index contributed by atoms with van der Waals surface area (Å²) >= 11 is 0. The van der Waals surface area contributed by atoms with E-state index in [-0.39, 0.29) is 24.5 Å². The number of nitrogens with one attached hydrogen (secondary N) is 1. The number of carbonyl (C=O) groups excluding carboxylic acids is 2. The molecule has 2 aromatic heterocycles. The molecule has 5 N–H and O–H groups in total. The third-order valence-corrected chi connectivity index (χ3v) is 6.36. The van der Waals surface area contributed by atoms with E-state index < -0.39 is 29.5 Å². The molecule has 194 valence electrons. The number of carboxylic acids is 1. The maximum Gasteiger partial charge on any atom is 0.335 e. The molecule has 0 bridgehead atoms. The second kappa shape index (κ2) is 9.57. The predicted molar refractivity (Wildman–Crippen MR) is 136 cm³/mol. The van der Waals surface area contributed by atoms with Crippen molar-refractivity contribution in [3.05, 3.63) is 66.2 Å². The van der Waals surface area contributed by atoms with E-state index in [0.29, 0.717) is 33.7 Å². The zero-order valence-electron chi connectivity index (χ0n) is 20.1. The zero-order chi connectivity index (χ0) is 27.0. The Bertz CT molecular complexity index is 1550. The quantitative estimate of drug-likeness (QED) is 0.296. The third-order valence-electron chi connectivity index (χ3n) is 6.36. The minimum absolute atomic E-state index is 0.0507. The van der Waals surface area contributed by atoms with Crippen molar-refractivity contribution in [2.24, 2.45) is 0 Å². The van der Waals surface area contributed by atoms with Crippen molar-refractivity contribution in [3.63, 3.8) is 0 Å². The molecule has 2 amide bonds. The molecule has 5 rings (SSSR count). The van der Waals surface area contributed by atoms with Crippen LogP contribution in [0, 0.1) is 0 Å². The van der Waals surface area contributed by atoms with Crippen molar-refractivity contribution in [3.8, 4) is 11.3 Å². The van der Waals surface area contributed by atoms with Gasteiger partial charge in [0, 0.05) is 17.3 Å². The van der Waals surface area contributed by atoms with Crippen LogP contribution in [0.25, 0.3) is 22.2 Å². The first kappa shape index (κ1) is 24.9. The van der Waals surface area contributed by atoms with Gasteiger partial charge in [0.1, 0.15) is 5.82 Å². The molecular formula is C26H23N5O7. The summed E-state index contributed by atoms with van der Waals surface area (Å²) < 4.78 is 10.7. The van der Waals surface area contributed by atoms with Crippen molar-refractivity contribution in [2.45, 2.75) is 18.6 Å². The normalized spacial score (nSPS) is 18.4. The number of amides is 2. The fourth-order valence-electron chi connectivity index (χ4n) is 4.21. The van der Waals surface area contributed by atoms with Crippen LogP contribution in [0.4, 0.5) is 17.3 Å². The van der Waals surface area contributed by atoms with Crippen LogP contribution >= 0.6 is 0 Å². The van der Waals surface area contributed by atoms with Crippen LogP contribution in [-0.2, 0) is 14.3 Å². The Kier molecular flexibility index (Phi) is 6.27. The summed E-state index contributed by atoms with van der Waals surface area (Å²) in [6.07, 6.45) is -1.85. The van der Waals surface area contributed by atoms with E-state index in [1.165, 1.54) is 30.0 Å². The molecule has 0 radical (unpaired) electrons. The van der Waals surface area contributed by atoms with Gasteiger partial charge < -0.3 is 30.5 Å². The number of aromatic carboxylic acids is 1. The minimum atomic E-state index is -1.88. The van der Waals surface area contributed by atoms with Gasteiger partial charge in [0.05, 0.1) is 29.8 Å². The number of aliphatic hydroxyl groups excluding tert-OH is 1. The standard InChI is InChI=1S/C26H23N5O7/c1-26(21(32)23(33)28-16-9-10-17-19(13-16)38-30-22(17)27)25(36)31(11-12-37-26)20-4-2-3-18(29-20)14-5-7-15(8-6-14)24(34)35/h2-10,13,21,32H,11-12H2,1H3,(H2,27,30)(H,28,33)(H,34,35)/t21-,26+/m0/s1. The number of benzene rings is 2. The van der Waals surface area contributed by atoms with E-state index in [2.05, 4.69) is 15.5 Å². The topological polar surface area (TPSA) is 181 Å². The van der Waals surface area contributed by atoms with Crippen LogP contribution in [0.1, 0.15) is 17.3 Å². The summed E-state index contributed by atoms with van der Waals surface area (Å²) in [4.78, 5) is 43.5. The van der Waals surface area contributed by atoms with E-state index in [1.807, 2.05) is 0 Å². The second-order valence-electron chi connectivity index (χ2n) is 8.85. The molecule has 38 heavy (non-hydrogen) atoms. The van der Waals surface area contributed by atoms with Crippen molar-refractivity contribution >= 4 is 46.1 Å². The molecule has 0 unspecified atom stereocenters. The largest absolute Gasteiger partial charge is 0.478 e. The lowest BCUT2D eigenvalue weighted by molar-refractivity contribution is -0.170. The summed E-state index contributed by atoms with van der Waals surface area (Å²) in [5.74, 6) is -2.03. The molecule has 12 heteroatoms. The number of rotatable bonds is 6. The Balaban J connectivity index is 1.35. The molecule has 2 aromatic carbocycles. The average molecular weight is 517 g/mol. The molecule has 2 atom stereocenters. The van der Waals surface area contributed by atoms with E-state index >= 15 is 0 Å². The Hall–Kier alpha value is -4.81. The predicted octanol–water partition coefficient (Wildman–Crippen LogP) is 2.29. The van der Waals surface area contributed by atoms with Gasteiger partial charge in [0.2, 0.25) is 0 Å². The number of hydrogen-bond donors (Lipinski definition) is 4. The fraction of sp³-hybridized carbons (Fsp3) is 0.192. The SMILES string of the molecule is C[C@]1([C@@H](O)C(=O)Nc2ccc3c(N)noc3c2)OCCN(c2cccc(-c3ccc(C(=O)O)cc3)n2)C1=O. The highest BCUT2D eigenvalue weighted by atomic mass is 16.5. The van der Waals surface area contributed by atoms with Gasteiger partial charge in [0.15, 0.2) is 23.1 Å². The number of carbonyl (C=O) groups is 3. The van der Waals surface area contributed by atoms with Gasteiger partial charge in [-0.2, -0.15) is 0 Å². The first-order valence-corrected chi connectivity index (χ1v) is 11.6. The first-order chi connectivity index (χ1) is 18.2. The lowest BCUT2D eigenvalue weighted by Gasteiger charge is -2.40. The minimum Gasteiger partial charge on any atom is -0.478 e. The molecule has 1 fully saturated rings. The van der Waals surface area contributed by atoms with Crippen molar-refractivity contribution in [1.29, 1.82) is 0 Å². The van der Waals surface area contributed by atoms with Gasteiger partial charge in [-0.15, -0.1) is 0 Å². The van der Waals surface area contributed by atoms with Crippen molar-refractivity contribution in [2.75, 3.05) is 29.1 Å². The second-order valence-corrected chi connectivity index (χ2v) is 8.85. The number of carboxylic acid groups (broad SMARTS) is 1. The number of aliphatic hydroxyl groups is 1.